The number of fused-ring (bicyclic) bond motifs is 1. The van der Waals surface area contributed by atoms with Crippen LogP contribution in [0.15, 0.2) is 22.7 Å². The maximum absolute atomic E-state index is 11.5. The molecule has 0 saturated heterocycles. The van der Waals surface area contributed by atoms with E-state index in [2.05, 4.69) is 31.5 Å². The molecule has 6 heteroatoms. The molecule has 4 nitrogen and oxygen atoms in total. The number of nitrogens with zero attached hydrogens (tertiary/aromatic N) is 1. The van der Waals surface area contributed by atoms with Gasteiger partial charge in [-0.05, 0) is 31.0 Å². The predicted octanol–water partition coefficient (Wildman–Crippen LogP) is 2.75. The Hall–Kier alpha value is -1.14. The predicted molar refractivity (Wildman–Crippen MR) is 77.0 cm³/mol. The van der Waals surface area contributed by atoms with Crippen molar-refractivity contribution >= 4 is 48.5 Å². The standard InChI is InChI=1S/C12H12BrN3OS/c13-7-1-4-9-10(5-7)18-12(16-9)14-6-11(17)15-8-2-3-8/h1,4-5,8H,2-3,6H2,(H,14,16)(H,15,17). The summed E-state index contributed by atoms with van der Waals surface area (Å²) >= 11 is 4.99. The Bertz CT molecular complexity index is 594. The highest BCUT2D eigenvalue weighted by atomic mass is 79.9. The third kappa shape index (κ3) is 2.81. The van der Waals surface area contributed by atoms with E-state index in [1.165, 1.54) is 0 Å². The number of halogens is 1. The smallest absolute Gasteiger partial charge is 0.239 e. The van der Waals surface area contributed by atoms with Gasteiger partial charge in [-0.3, -0.25) is 4.79 Å². The molecule has 0 spiro atoms. The van der Waals surface area contributed by atoms with Gasteiger partial charge in [0.15, 0.2) is 5.13 Å². The van der Waals surface area contributed by atoms with E-state index in [-0.39, 0.29) is 12.5 Å². The van der Waals surface area contributed by atoms with Gasteiger partial charge in [-0.15, -0.1) is 0 Å². The first-order chi connectivity index (χ1) is 8.70. The normalized spacial score (nSPS) is 14.7. The summed E-state index contributed by atoms with van der Waals surface area (Å²) in [4.78, 5) is 16.0. The van der Waals surface area contributed by atoms with E-state index >= 15 is 0 Å². The largest absolute Gasteiger partial charge is 0.352 e. The first-order valence-corrected chi connectivity index (χ1v) is 7.41. The van der Waals surface area contributed by atoms with Crippen LogP contribution in [-0.2, 0) is 4.79 Å². The van der Waals surface area contributed by atoms with Crippen molar-refractivity contribution in [2.75, 3.05) is 11.9 Å². The lowest BCUT2D eigenvalue weighted by Crippen LogP contribution is -2.31. The average Bonchev–Trinajstić information content (AvgIpc) is 3.04. The van der Waals surface area contributed by atoms with Gasteiger partial charge in [-0.1, -0.05) is 27.3 Å². The van der Waals surface area contributed by atoms with E-state index < -0.39 is 0 Å². The van der Waals surface area contributed by atoms with Crippen LogP contribution in [0.1, 0.15) is 12.8 Å². The maximum Gasteiger partial charge on any atom is 0.239 e. The number of thiazole rings is 1. The molecule has 94 valence electrons. The lowest BCUT2D eigenvalue weighted by atomic mass is 10.3. The molecule has 0 bridgehead atoms. The summed E-state index contributed by atoms with van der Waals surface area (Å²) in [6.45, 7) is 0.289. The Kier molecular flexibility index (Phi) is 3.22. The molecule has 0 radical (unpaired) electrons. The van der Waals surface area contributed by atoms with E-state index in [1.807, 2.05) is 18.2 Å². The maximum atomic E-state index is 11.5. The number of anilines is 1. The number of benzene rings is 1. The molecule has 1 aromatic heterocycles. The SMILES string of the molecule is O=C(CNc1nc2ccc(Br)cc2s1)NC1CC1. The number of aromatic nitrogens is 1. The van der Waals surface area contributed by atoms with Gasteiger partial charge < -0.3 is 10.6 Å². The van der Waals surface area contributed by atoms with Crippen molar-refractivity contribution in [3.8, 4) is 0 Å². The van der Waals surface area contributed by atoms with Gasteiger partial charge in [0.2, 0.25) is 5.91 Å². The van der Waals surface area contributed by atoms with Gasteiger partial charge in [0.25, 0.3) is 0 Å². The zero-order valence-corrected chi connectivity index (χ0v) is 12.0. The minimum Gasteiger partial charge on any atom is -0.352 e. The highest BCUT2D eigenvalue weighted by molar-refractivity contribution is 9.10. The fourth-order valence-corrected chi connectivity index (χ4v) is 3.05. The fraction of sp³-hybridized carbons (Fsp3) is 0.333. The van der Waals surface area contributed by atoms with E-state index in [1.54, 1.807) is 11.3 Å². The Balaban J connectivity index is 1.64. The van der Waals surface area contributed by atoms with Gasteiger partial charge in [-0.25, -0.2) is 4.98 Å². The van der Waals surface area contributed by atoms with Crippen LogP contribution in [0.2, 0.25) is 0 Å². The van der Waals surface area contributed by atoms with Crippen molar-refractivity contribution in [3.63, 3.8) is 0 Å². The molecule has 0 aliphatic heterocycles. The molecule has 1 aromatic carbocycles. The fourth-order valence-electron chi connectivity index (χ4n) is 1.64. The van der Waals surface area contributed by atoms with Crippen LogP contribution in [-0.4, -0.2) is 23.5 Å². The Morgan fingerprint density at radius 1 is 1.50 bits per heavy atom. The van der Waals surface area contributed by atoms with E-state index in [4.69, 9.17) is 0 Å². The summed E-state index contributed by atoms with van der Waals surface area (Å²) < 4.78 is 2.14. The summed E-state index contributed by atoms with van der Waals surface area (Å²) in [5, 5.41) is 6.79. The number of carbonyl (C=O) groups is 1. The van der Waals surface area contributed by atoms with E-state index in [9.17, 15) is 4.79 Å². The van der Waals surface area contributed by atoms with Crippen molar-refractivity contribution in [1.82, 2.24) is 10.3 Å². The molecule has 1 aliphatic rings. The Labute approximate surface area is 117 Å². The lowest BCUT2D eigenvalue weighted by molar-refractivity contribution is -0.119. The minimum absolute atomic E-state index is 0.0398. The zero-order chi connectivity index (χ0) is 12.5. The zero-order valence-electron chi connectivity index (χ0n) is 9.57. The molecular formula is C12H12BrN3OS. The minimum atomic E-state index is 0.0398. The van der Waals surface area contributed by atoms with Crippen LogP contribution >= 0.6 is 27.3 Å². The van der Waals surface area contributed by atoms with Crippen LogP contribution in [0.25, 0.3) is 10.2 Å². The van der Waals surface area contributed by atoms with E-state index in [0.29, 0.717) is 6.04 Å². The van der Waals surface area contributed by atoms with Crippen LogP contribution in [0, 0.1) is 0 Å². The molecule has 1 amide bonds. The van der Waals surface area contributed by atoms with Gasteiger partial charge in [-0.2, -0.15) is 0 Å². The second-order valence-electron chi connectivity index (χ2n) is 4.33. The molecule has 18 heavy (non-hydrogen) atoms. The molecular weight excluding hydrogens is 314 g/mol. The first-order valence-electron chi connectivity index (χ1n) is 5.80. The molecule has 3 rings (SSSR count). The molecule has 1 fully saturated rings. The first kappa shape index (κ1) is 11.9. The van der Waals surface area contributed by atoms with Crippen molar-refractivity contribution in [3.05, 3.63) is 22.7 Å². The molecule has 1 aliphatic carbocycles. The summed E-state index contributed by atoms with van der Waals surface area (Å²) in [6, 6.07) is 6.37. The van der Waals surface area contributed by atoms with Gasteiger partial charge in [0.05, 0.1) is 16.8 Å². The van der Waals surface area contributed by atoms with Crippen LogP contribution in [0.5, 0.6) is 0 Å². The summed E-state index contributed by atoms with van der Waals surface area (Å²) in [7, 11) is 0. The number of amides is 1. The molecule has 0 atom stereocenters. The molecule has 1 saturated carbocycles. The molecule has 1 heterocycles. The topological polar surface area (TPSA) is 54.0 Å². The van der Waals surface area contributed by atoms with Gasteiger partial charge >= 0.3 is 0 Å². The summed E-state index contributed by atoms with van der Waals surface area (Å²) in [5.74, 6) is 0.0398. The highest BCUT2D eigenvalue weighted by Gasteiger charge is 2.22. The van der Waals surface area contributed by atoms with Crippen molar-refractivity contribution in [1.29, 1.82) is 0 Å². The molecule has 0 unspecified atom stereocenters. The second-order valence-corrected chi connectivity index (χ2v) is 6.27. The summed E-state index contributed by atoms with van der Waals surface area (Å²) in [5.41, 5.74) is 0.952. The number of hydrogen-bond donors (Lipinski definition) is 2. The van der Waals surface area contributed by atoms with Crippen LogP contribution < -0.4 is 10.6 Å². The number of nitrogens with one attached hydrogen (secondary N) is 2. The number of hydrogen-bond acceptors (Lipinski definition) is 4. The summed E-state index contributed by atoms with van der Waals surface area (Å²) in [6.07, 6.45) is 2.22. The average molecular weight is 326 g/mol. The molecule has 2 N–H and O–H groups in total. The van der Waals surface area contributed by atoms with Crippen molar-refractivity contribution in [2.45, 2.75) is 18.9 Å². The number of rotatable bonds is 4. The monoisotopic (exact) mass is 325 g/mol. The van der Waals surface area contributed by atoms with Crippen molar-refractivity contribution in [2.24, 2.45) is 0 Å². The number of carbonyl (C=O) groups excluding carboxylic acids is 1. The highest BCUT2D eigenvalue weighted by Crippen LogP contribution is 2.28. The van der Waals surface area contributed by atoms with Crippen LogP contribution in [0.3, 0.4) is 0 Å². The Morgan fingerprint density at radius 2 is 2.33 bits per heavy atom. The van der Waals surface area contributed by atoms with Crippen LogP contribution in [0.4, 0.5) is 5.13 Å². The molecule has 2 aromatic rings. The second kappa shape index (κ2) is 4.85. The third-order valence-electron chi connectivity index (χ3n) is 2.69. The van der Waals surface area contributed by atoms with Gasteiger partial charge in [0, 0.05) is 10.5 Å². The Morgan fingerprint density at radius 3 is 3.11 bits per heavy atom. The van der Waals surface area contributed by atoms with Crippen molar-refractivity contribution < 1.29 is 4.79 Å². The third-order valence-corrected chi connectivity index (χ3v) is 4.16. The van der Waals surface area contributed by atoms with Gasteiger partial charge in [0.1, 0.15) is 0 Å². The van der Waals surface area contributed by atoms with E-state index in [0.717, 1.165) is 32.7 Å². The quantitative estimate of drug-likeness (QED) is 0.908. The lowest BCUT2D eigenvalue weighted by Gasteiger charge is -2.03.